The molecule has 0 aromatic carbocycles. The summed E-state index contributed by atoms with van der Waals surface area (Å²) in [5.41, 5.74) is 0.567. The summed E-state index contributed by atoms with van der Waals surface area (Å²) in [5.74, 6) is -0.277. The van der Waals surface area contributed by atoms with Crippen molar-refractivity contribution >= 4 is 22.4 Å². The minimum Gasteiger partial charge on any atom is -0.476 e. The van der Waals surface area contributed by atoms with Gasteiger partial charge in [0.25, 0.3) is 0 Å². The van der Waals surface area contributed by atoms with Crippen LogP contribution in [0.3, 0.4) is 0 Å². The molecule has 1 fully saturated rings. The van der Waals surface area contributed by atoms with Gasteiger partial charge in [0.1, 0.15) is 0 Å². The van der Waals surface area contributed by atoms with Crippen LogP contribution in [0.5, 0.6) is 0 Å². The third-order valence-electron chi connectivity index (χ3n) is 2.94. The Kier molecular flexibility index (Phi) is 2.42. The molecule has 0 aliphatic heterocycles. The summed E-state index contributed by atoms with van der Waals surface area (Å²) in [7, 11) is 0. The molecule has 1 aliphatic rings. The summed E-state index contributed by atoms with van der Waals surface area (Å²) in [6, 6.07) is 0. The number of carbonyl (C=O) groups is 1. The molecule has 1 saturated carbocycles. The summed E-state index contributed by atoms with van der Waals surface area (Å²) in [4.78, 5) is 14.5. The SMILES string of the molecule is CC1(C)CC1CNc1nc(C(=O)O)cs1. The Morgan fingerprint density at radius 2 is 2.47 bits per heavy atom. The lowest BCUT2D eigenvalue weighted by Crippen LogP contribution is -2.07. The summed E-state index contributed by atoms with van der Waals surface area (Å²) in [6.45, 7) is 5.37. The number of carboxylic acid groups (broad SMARTS) is 1. The van der Waals surface area contributed by atoms with Gasteiger partial charge in [-0.25, -0.2) is 9.78 Å². The van der Waals surface area contributed by atoms with Gasteiger partial charge < -0.3 is 10.4 Å². The third kappa shape index (κ3) is 2.28. The van der Waals surface area contributed by atoms with Crippen molar-refractivity contribution in [2.24, 2.45) is 11.3 Å². The molecule has 4 nitrogen and oxygen atoms in total. The molecule has 82 valence electrons. The van der Waals surface area contributed by atoms with Crippen LogP contribution in [-0.2, 0) is 0 Å². The molecule has 1 heterocycles. The van der Waals surface area contributed by atoms with E-state index in [4.69, 9.17) is 5.11 Å². The number of carboxylic acids is 1. The smallest absolute Gasteiger partial charge is 0.355 e. The van der Waals surface area contributed by atoms with Crippen molar-refractivity contribution in [3.8, 4) is 0 Å². The molecule has 5 heteroatoms. The van der Waals surface area contributed by atoms with Crippen LogP contribution in [-0.4, -0.2) is 22.6 Å². The third-order valence-corrected chi connectivity index (χ3v) is 3.74. The van der Waals surface area contributed by atoms with E-state index in [0.717, 1.165) is 6.54 Å². The molecule has 1 aromatic heterocycles. The fourth-order valence-corrected chi connectivity index (χ4v) is 2.28. The highest BCUT2D eigenvalue weighted by molar-refractivity contribution is 7.13. The first-order valence-electron chi connectivity index (χ1n) is 4.92. The van der Waals surface area contributed by atoms with E-state index in [1.165, 1.54) is 17.8 Å². The fraction of sp³-hybridized carbons (Fsp3) is 0.600. The largest absolute Gasteiger partial charge is 0.476 e. The van der Waals surface area contributed by atoms with Gasteiger partial charge in [0.15, 0.2) is 10.8 Å². The maximum Gasteiger partial charge on any atom is 0.355 e. The van der Waals surface area contributed by atoms with E-state index in [9.17, 15) is 4.79 Å². The number of rotatable bonds is 4. The highest BCUT2D eigenvalue weighted by Crippen LogP contribution is 2.51. The number of hydrogen-bond acceptors (Lipinski definition) is 4. The number of nitrogens with zero attached hydrogens (tertiary/aromatic N) is 1. The Morgan fingerprint density at radius 3 is 2.93 bits per heavy atom. The van der Waals surface area contributed by atoms with E-state index in [-0.39, 0.29) is 5.69 Å². The van der Waals surface area contributed by atoms with Crippen LogP contribution in [0.2, 0.25) is 0 Å². The molecule has 0 amide bonds. The molecule has 2 N–H and O–H groups in total. The first-order chi connectivity index (χ1) is 6.99. The van der Waals surface area contributed by atoms with E-state index in [1.54, 1.807) is 5.38 Å². The molecular formula is C10H14N2O2S. The second-order valence-electron chi connectivity index (χ2n) is 4.61. The van der Waals surface area contributed by atoms with Gasteiger partial charge in [-0.15, -0.1) is 11.3 Å². The average molecular weight is 226 g/mol. The molecule has 2 rings (SSSR count). The number of aromatic carboxylic acids is 1. The van der Waals surface area contributed by atoms with Crippen molar-refractivity contribution in [2.75, 3.05) is 11.9 Å². The maximum absolute atomic E-state index is 10.6. The quantitative estimate of drug-likeness (QED) is 0.827. The topological polar surface area (TPSA) is 62.2 Å². The first kappa shape index (κ1) is 10.4. The molecular weight excluding hydrogens is 212 g/mol. The van der Waals surface area contributed by atoms with Crippen molar-refractivity contribution < 1.29 is 9.90 Å². The summed E-state index contributed by atoms with van der Waals surface area (Å²) in [5, 5.41) is 14.1. The second-order valence-corrected chi connectivity index (χ2v) is 5.47. The lowest BCUT2D eigenvalue weighted by atomic mass is 10.1. The molecule has 1 aliphatic carbocycles. The normalized spacial score (nSPS) is 22.4. The Bertz CT molecular complexity index is 387. The molecule has 0 radical (unpaired) electrons. The van der Waals surface area contributed by atoms with Crippen molar-refractivity contribution in [3.63, 3.8) is 0 Å². The molecule has 0 bridgehead atoms. The van der Waals surface area contributed by atoms with Crippen LogP contribution in [0, 0.1) is 11.3 Å². The second kappa shape index (κ2) is 3.48. The zero-order chi connectivity index (χ0) is 11.1. The minimum atomic E-state index is -0.967. The average Bonchev–Trinajstić information content (AvgIpc) is 2.63. The lowest BCUT2D eigenvalue weighted by Gasteiger charge is -2.03. The number of hydrogen-bond donors (Lipinski definition) is 2. The van der Waals surface area contributed by atoms with Gasteiger partial charge >= 0.3 is 5.97 Å². The van der Waals surface area contributed by atoms with Crippen molar-refractivity contribution in [2.45, 2.75) is 20.3 Å². The fourth-order valence-electron chi connectivity index (χ4n) is 1.59. The number of aromatic nitrogens is 1. The molecule has 1 atom stereocenters. The maximum atomic E-state index is 10.6. The molecule has 1 unspecified atom stereocenters. The van der Waals surface area contributed by atoms with Crippen LogP contribution in [0.15, 0.2) is 5.38 Å². The van der Waals surface area contributed by atoms with Crippen LogP contribution in [0.25, 0.3) is 0 Å². The summed E-state index contributed by atoms with van der Waals surface area (Å²) in [6.07, 6.45) is 1.23. The summed E-state index contributed by atoms with van der Waals surface area (Å²) >= 11 is 1.34. The van der Waals surface area contributed by atoms with Gasteiger partial charge in [0, 0.05) is 11.9 Å². The molecule has 0 spiro atoms. The Morgan fingerprint density at radius 1 is 1.80 bits per heavy atom. The first-order valence-corrected chi connectivity index (χ1v) is 5.80. The zero-order valence-corrected chi connectivity index (χ0v) is 9.60. The zero-order valence-electron chi connectivity index (χ0n) is 8.78. The van der Waals surface area contributed by atoms with E-state index >= 15 is 0 Å². The number of thiazole rings is 1. The van der Waals surface area contributed by atoms with Crippen LogP contribution < -0.4 is 5.32 Å². The van der Waals surface area contributed by atoms with E-state index < -0.39 is 5.97 Å². The van der Waals surface area contributed by atoms with Crippen molar-refractivity contribution in [1.82, 2.24) is 4.98 Å². The minimum absolute atomic E-state index is 0.123. The number of nitrogens with one attached hydrogen (secondary N) is 1. The molecule has 0 saturated heterocycles. The van der Waals surface area contributed by atoms with Gasteiger partial charge in [0.05, 0.1) is 0 Å². The Labute approximate surface area is 92.3 Å². The number of anilines is 1. The standard InChI is InChI=1S/C10H14N2O2S/c1-10(2)3-6(10)4-11-9-12-7(5-15-9)8(13)14/h5-6H,3-4H2,1-2H3,(H,11,12)(H,13,14). The highest BCUT2D eigenvalue weighted by atomic mass is 32.1. The predicted octanol–water partition coefficient (Wildman–Crippen LogP) is 2.30. The Balaban J connectivity index is 1.86. The van der Waals surface area contributed by atoms with Gasteiger partial charge in [-0.1, -0.05) is 13.8 Å². The van der Waals surface area contributed by atoms with Crippen LogP contribution in [0.1, 0.15) is 30.8 Å². The summed E-state index contributed by atoms with van der Waals surface area (Å²) < 4.78 is 0. The van der Waals surface area contributed by atoms with Gasteiger partial charge in [-0.3, -0.25) is 0 Å². The predicted molar refractivity (Wildman–Crippen MR) is 59.5 cm³/mol. The van der Waals surface area contributed by atoms with E-state index in [2.05, 4.69) is 24.1 Å². The van der Waals surface area contributed by atoms with Crippen LogP contribution in [0.4, 0.5) is 5.13 Å². The van der Waals surface area contributed by atoms with Gasteiger partial charge in [-0.05, 0) is 17.8 Å². The van der Waals surface area contributed by atoms with Crippen LogP contribution >= 0.6 is 11.3 Å². The lowest BCUT2D eigenvalue weighted by molar-refractivity contribution is 0.0691. The van der Waals surface area contributed by atoms with Gasteiger partial charge in [-0.2, -0.15) is 0 Å². The van der Waals surface area contributed by atoms with Crippen molar-refractivity contribution in [1.29, 1.82) is 0 Å². The molecule has 15 heavy (non-hydrogen) atoms. The van der Waals surface area contributed by atoms with Crippen molar-refractivity contribution in [3.05, 3.63) is 11.1 Å². The van der Waals surface area contributed by atoms with E-state index in [1.807, 2.05) is 0 Å². The molecule has 1 aromatic rings. The highest BCUT2D eigenvalue weighted by Gasteiger charge is 2.45. The van der Waals surface area contributed by atoms with E-state index in [0.29, 0.717) is 16.5 Å². The Hall–Kier alpha value is -1.10. The monoisotopic (exact) mass is 226 g/mol. The van der Waals surface area contributed by atoms with Gasteiger partial charge in [0.2, 0.25) is 0 Å².